The van der Waals surface area contributed by atoms with E-state index in [0.717, 1.165) is 10.8 Å². The quantitative estimate of drug-likeness (QED) is 0.746. The van der Waals surface area contributed by atoms with Crippen LogP contribution in [0.1, 0.15) is 10.4 Å². The van der Waals surface area contributed by atoms with Crippen LogP contribution in [-0.2, 0) is 0 Å². The Hall–Kier alpha value is -2.88. The van der Waals surface area contributed by atoms with E-state index in [1.165, 1.54) is 0 Å². The molecule has 3 rings (SSSR count). The van der Waals surface area contributed by atoms with Crippen LogP contribution in [0.3, 0.4) is 0 Å². The van der Waals surface area contributed by atoms with Crippen molar-refractivity contribution in [3.8, 4) is 0 Å². The van der Waals surface area contributed by atoms with Gasteiger partial charge in [0.2, 0.25) is 0 Å². The van der Waals surface area contributed by atoms with E-state index < -0.39 is 0 Å². The average Bonchev–Trinajstić information content (AvgIpc) is 2.47. The Morgan fingerprint density at radius 2 is 1.75 bits per heavy atom. The van der Waals surface area contributed by atoms with Gasteiger partial charge in [-0.2, -0.15) is 0 Å². The van der Waals surface area contributed by atoms with Crippen molar-refractivity contribution in [3.63, 3.8) is 0 Å². The number of benzene rings is 2. The molecule has 2 aromatic carbocycles. The minimum absolute atomic E-state index is 0.200. The van der Waals surface area contributed by atoms with Crippen LogP contribution < -0.4 is 11.1 Å². The number of carbonyl (C=O) groups is 1. The van der Waals surface area contributed by atoms with Crippen LogP contribution in [0, 0.1) is 0 Å². The molecule has 0 saturated carbocycles. The lowest BCUT2D eigenvalue weighted by Gasteiger charge is -2.06. The van der Waals surface area contributed by atoms with Crippen LogP contribution in [0.4, 0.5) is 11.6 Å². The summed E-state index contributed by atoms with van der Waals surface area (Å²) >= 11 is 0. The Kier molecular flexibility index (Phi) is 3.05. The number of pyridine rings is 1. The van der Waals surface area contributed by atoms with Crippen molar-refractivity contribution in [1.82, 2.24) is 4.98 Å². The Labute approximate surface area is 116 Å². The Morgan fingerprint density at radius 1 is 0.950 bits per heavy atom. The zero-order chi connectivity index (χ0) is 13.9. The monoisotopic (exact) mass is 263 g/mol. The van der Waals surface area contributed by atoms with E-state index in [2.05, 4.69) is 10.3 Å². The van der Waals surface area contributed by atoms with Crippen molar-refractivity contribution in [2.45, 2.75) is 0 Å². The maximum atomic E-state index is 12.2. The lowest BCUT2D eigenvalue weighted by molar-refractivity contribution is 0.102. The number of rotatable bonds is 2. The van der Waals surface area contributed by atoms with Gasteiger partial charge >= 0.3 is 0 Å². The predicted octanol–water partition coefficient (Wildman–Crippen LogP) is 3.07. The van der Waals surface area contributed by atoms with Gasteiger partial charge in [-0.1, -0.05) is 36.4 Å². The number of nitrogens with zero attached hydrogens (tertiary/aromatic N) is 1. The molecule has 0 fully saturated rings. The van der Waals surface area contributed by atoms with E-state index in [-0.39, 0.29) is 5.91 Å². The summed E-state index contributed by atoms with van der Waals surface area (Å²) in [5, 5.41) is 4.86. The number of carbonyl (C=O) groups excluding carboxylic acids is 1. The molecular formula is C16H13N3O. The first-order valence-corrected chi connectivity index (χ1v) is 6.25. The highest BCUT2D eigenvalue weighted by Crippen LogP contribution is 2.16. The number of aromatic nitrogens is 1. The van der Waals surface area contributed by atoms with Crippen molar-refractivity contribution in [2.24, 2.45) is 0 Å². The first kappa shape index (κ1) is 12.2. The maximum absolute atomic E-state index is 12.2. The number of nitrogen functional groups attached to an aromatic ring is 1. The highest BCUT2D eigenvalue weighted by Gasteiger charge is 2.07. The zero-order valence-corrected chi connectivity index (χ0v) is 10.7. The fraction of sp³-hybridized carbons (Fsp3) is 0. The second-order valence-electron chi connectivity index (χ2n) is 4.46. The molecule has 0 saturated heterocycles. The van der Waals surface area contributed by atoms with Crippen molar-refractivity contribution in [2.75, 3.05) is 11.1 Å². The van der Waals surface area contributed by atoms with Crippen LogP contribution >= 0.6 is 0 Å². The van der Waals surface area contributed by atoms with E-state index in [4.69, 9.17) is 5.73 Å². The zero-order valence-electron chi connectivity index (χ0n) is 10.7. The predicted molar refractivity (Wildman–Crippen MR) is 80.6 cm³/mol. The molecule has 98 valence electrons. The molecule has 1 amide bonds. The van der Waals surface area contributed by atoms with Gasteiger partial charge in [0.15, 0.2) is 0 Å². The molecule has 0 aliphatic rings. The lowest BCUT2D eigenvalue weighted by Crippen LogP contribution is -2.13. The van der Waals surface area contributed by atoms with Gasteiger partial charge in [0.25, 0.3) is 5.91 Å². The molecule has 1 heterocycles. The molecule has 0 unspecified atom stereocenters. The molecule has 3 N–H and O–H groups in total. The van der Waals surface area contributed by atoms with Crippen LogP contribution in [0.15, 0.2) is 60.7 Å². The van der Waals surface area contributed by atoms with Gasteiger partial charge in [-0.3, -0.25) is 4.79 Å². The van der Waals surface area contributed by atoms with Gasteiger partial charge in [0.1, 0.15) is 11.6 Å². The largest absolute Gasteiger partial charge is 0.384 e. The summed E-state index contributed by atoms with van der Waals surface area (Å²) in [5.74, 6) is 0.623. The fourth-order valence-corrected chi connectivity index (χ4v) is 2.04. The van der Waals surface area contributed by atoms with Gasteiger partial charge in [-0.15, -0.1) is 0 Å². The van der Waals surface area contributed by atoms with Crippen molar-refractivity contribution >= 4 is 28.3 Å². The van der Waals surface area contributed by atoms with Crippen LogP contribution in [0.5, 0.6) is 0 Å². The molecule has 0 aliphatic heterocycles. The Bertz CT molecular complexity index is 783. The van der Waals surface area contributed by atoms with E-state index in [1.807, 2.05) is 36.4 Å². The molecule has 4 heteroatoms. The summed E-state index contributed by atoms with van der Waals surface area (Å²) in [6.07, 6.45) is 0. The second-order valence-corrected chi connectivity index (χ2v) is 4.46. The molecule has 4 nitrogen and oxygen atoms in total. The third kappa shape index (κ3) is 2.44. The van der Waals surface area contributed by atoms with Crippen LogP contribution in [0.2, 0.25) is 0 Å². The van der Waals surface area contributed by atoms with E-state index >= 15 is 0 Å². The summed E-state index contributed by atoms with van der Waals surface area (Å²) < 4.78 is 0. The molecule has 1 aromatic heterocycles. The summed E-state index contributed by atoms with van der Waals surface area (Å²) in [4.78, 5) is 16.2. The molecule has 20 heavy (non-hydrogen) atoms. The van der Waals surface area contributed by atoms with Crippen molar-refractivity contribution in [3.05, 3.63) is 66.2 Å². The van der Waals surface area contributed by atoms with Crippen molar-refractivity contribution < 1.29 is 4.79 Å². The molecular weight excluding hydrogens is 250 g/mol. The van der Waals surface area contributed by atoms with Crippen molar-refractivity contribution in [1.29, 1.82) is 0 Å². The highest BCUT2D eigenvalue weighted by atomic mass is 16.1. The van der Waals surface area contributed by atoms with Gasteiger partial charge in [-0.25, -0.2) is 4.98 Å². The van der Waals surface area contributed by atoms with Gasteiger partial charge < -0.3 is 11.1 Å². The van der Waals surface area contributed by atoms with E-state index in [1.54, 1.807) is 24.3 Å². The average molecular weight is 263 g/mol. The molecule has 0 atom stereocenters. The number of fused-ring (bicyclic) bond motifs is 1. The summed E-state index contributed by atoms with van der Waals surface area (Å²) in [6.45, 7) is 0. The van der Waals surface area contributed by atoms with E-state index in [0.29, 0.717) is 17.2 Å². The number of nitrogens with two attached hydrogens (primary N) is 1. The Balaban J connectivity index is 1.88. The van der Waals surface area contributed by atoms with Gasteiger partial charge in [0, 0.05) is 5.56 Å². The molecule has 0 aliphatic carbocycles. The van der Waals surface area contributed by atoms with Crippen LogP contribution in [0.25, 0.3) is 10.8 Å². The maximum Gasteiger partial charge on any atom is 0.256 e. The topological polar surface area (TPSA) is 68.0 Å². The minimum atomic E-state index is -0.200. The smallest absolute Gasteiger partial charge is 0.256 e. The third-order valence-electron chi connectivity index (χ3n) is 3.02. The highest BCUT2D eigenvalue weighted by molar-refractivity contribution is 6.06. The first-order chi connectivity index (χ1) is 9.72. The van der Waals surface area contributed by atoms with Gasteiger partial charge in [-0.05, 0) is 35.0 Å². The summed E-state index contributed by atoms with van der Waals surface area (Å²) in [6, 6.07) is 18.6. The number of hydrogen-bond acceptors (Lipinski definition) is 3. The van der Waals surface area contributed by atoms with Gasteiger partial charge in [0.05, 0.1) is 0 Å². The number of anilines is 2. The first-order valence-electron chi connectivity index (χ1n) is 6.25. The standard InChI is InChI=1S/C16H13N3O/c17-14-6-3-7-15(18-14)19-16(20)13-9-8-11-4-1-2-5-12(11)10-13/h1-10H,(H3,17,18,19,20). The summed E-state index contributed by atoms with van der Waals surface area (Å²) in [7, 11) is 0. The summed E-state index contributed by atoms with van der Waals surface area (Å²) in [5.41, 5.74) is 6.18. The normalized spacial score (nSPS) is 10.4. The lowest BCUT2D eigenvalue weighted by atomic mass is 10.1. The SMILES string of the molecule is Nc1cccc(NC(=O)c2ccc3ccccc3c2)n1. The fourth-order valence-electron chi connectivity index (χ4n) is 2.04. The van der Waals surface area contributed by atoms with Crippen LogP contribution in [-0.4, -0.2) is 10.9 Å². The molecule has 0 spiro atoms. The second kappa shape index (κ2) is 5.01. The Morgan fingerprint density at radius 3 is 2.55 bits per heavy atom. The third-order valence-corrected chi connectivity index (χ3v) is 3.02. The number of amides is 1. The minimum Gasteiger partial charge on any atom is -0.384 e. The molecule has 0 bridgehead atoms. The molecule has 3 aromatic rings. The number of hydrogen-bond donors (Lipinski definition) is 2. The van der Waals surface area contributed by atoms with E-state index in [9.17, 15) is 4.79 Å². The number of nitrogens with one attached hydrogen (secondary N) is 1. The molecule has 0 radical (unpaired) electrons.